The van der Waals surface area contributed by atoms with Crippen LogP contribution in [0.15, 0.2) is 12.5 Å². The summed E-state index contributed by atoms with van der Waals surface area (Å²) >= 11 is 0. The standard InChI is InChI=1S/C8H12N4O2/c9-2-8(14)12-7(4-13)1-6-3-10-5-11-6/h3-5,7H,1-2,9H2,(H,10,11)(H,12,14)/t7-/m0/s1. The number of amides is 1. The molecule has 1 aromatic heterocycles. The van der Waals surface area contributed by atoms with Crippen molar-refractivity contribution in [1.82, 2.24) is 15.3 Å². The average Bonchev–Trinajstić information content (AvgIpc) is 2.69. The van der Waals surface area contributed by atoms with Gasteiger partial charge in [-0.2, -0.15) is 0 Å². The van der Waals surface area contributed by atoms with Crippen LogP contribution in [0.1, 0.15) is 5.69 Å². The monoisotopic (exact) mass is 196 g/mol. The Morgan fingerprint density at radius 2 is 2.57 bits per heavy atom. The minimum absolute atomic E-state index is 0.118. The lowest BCUT2D eigenvalue weighted by Gasteiger charge is -2.10. The fourth-order valence-corrected chi connectivity index (χ4v) is 1.03. The van der Waals surface area contributed by atoms with E-state index in [-0.39, 0.29) is 12.5 Å². The van der Waals surface area contributed by atoms with Gasteiger partial charge in [-0.25, -0.2) is 4.98 Å². The van der Waals surface area contributed by atoms with Gasteiger partial charge in [0.2, 0.25) is 5.91 Å². The predicted octanol–water partition coefficient (Wildman–Crippen LogP) is -1.41. The summed E-state index contributed by atoms with van der Waals surface area (Å²) in [5, 5.41) is 2.47. The van der Waals surface area contributed by atoms with Crippen LogP contribution < -0.4 is 11.1 Å². The molecule has 0 saturated heterocycles. The van der Waals surface area contributed by atoms with Crippen LogP contribution in [0.2, 0.25) is 0 Å². The maximum atomic E-state index is 10.9. The zero-order valence-corrected chi connectivity index (χ0v) is 7.56. The highest BCUT2D eigenvalue weighted by Crippen LogP contribution is 1.95. The topological polar surface area (TPSA) is 101 Å². The molecule has 0 aliphatic rings. The Morgan fingerprint density at radius 3 is 3.07 bits per heavy atom. The Hall–Kier alpha value is -1.69. The lowest BCUT2D eigenvalue weighted by atomic mass is 10.2. The third kappa shape index (κ3) is 2.98. The third-order valence-electron chi connectivity index (χ3n) is 1.69. The van der Waals surface area contributed by atoms with Crippen LogP contribution in [0, 0.1) is 0 Å². The van der Waals surface area contributed by atoms with Gasteiger partial charge < -0.3 is 20.8 Å². The van der Waals surface area contributed by atoms with Gasteiger partial charge in [0.25, 0.3) is 0 Å². The van der Waals surface area contributed by atoms with Gasteiger partial charge in [0.15, 0.2) is 0 Å². The Balaban J connectivity index is 2.47. The highest BCUT2D eigenvalue weighted by atomic mass is 16.2. The summed E-state index contributed by atoms with van der Waals surface area (Å²) in [6, 6.07) is -0.550. The first-order valence-corrected chi connectivity index (χ1v) is 4.18. The van der Waals surface area contributed by atoms with Crippen molar-refractivity contribution in [3.05, 3.63) is 18.2 Å². The summed E-state index contributed by atoms with van der Waals surface area (Å²) in [5.41, 5.74) is 5.89. The zero-order chi connectivity index (χ0) is 10.4. The first-order chi connectivity index (χ1) is 6.76. The minimum atomic E-state index is -0.550. The van der Waals surface area contributed by atoms with E-state index in [0.717, 1.165) is 5.69 Å². The first-order valence-electron chi connectivity index (χ1n) is 4.18. The van der Waals surface area contributed by atoms with E-state index in [2.05, 4.69) is 15.3 Å². The number of nitrogens with zero attached hydrogens (tertiary/aromatic N) is 1. The van der Waals surface area contributed by atoms with E-state index < -0.39 is 6.04 Å². The van der Waals surface area contributed by atoms with E-state index in [1.165, 1.54) is 6.33 Å². The molecule has 6 nitrogen and oxygen atoms in total. The van der Waals surface area contributed by atoms with Crippen LogP contribution in [0.25, 0.3) is 0 Å². The molecular weight excluding hydrogens is 184 g/mol. The van der Waals surface area contributed by atoms with Gasteiger partial charge in [0.1, 0.15) is 6.29 Å². The molecule has 4 N–H and O–H groups in total. The summed E-state index contributed by atoms with van der Waals surface area (Å²) in [7, 11) is 0. The van der Waals surface area contributed by atoms with Crippen molar-refractivity contribution in [1.29, 1.82) is 0 Å². The van der Waals surface area contributed by atoms with Crippen molar-refractivity contribution in [2.75, 3.05) is 6.54 Å². The fourth-order valence-electron chi connectivity index (χ4n) is 1.03. The fraction of sp³-hybridized carbons (Fsp3) is 0.375. The summed E-state index contributed by atoms with van der Waals surface area (Å²) < 4.78 is 0. The Labute approximate surface area is 80.9 Å². The van der Waals surface area contributed by atoms with Gasteiger partial charge in [-0.1, -0.05) is 0 Å². The molecule has 0 radical (unpaired) electrons. The van der Waals surface area contributed by atoms with Gasteiger partial charge in [-0.05, 0) is 0 Å². The second kappa shape index (κ2) is 5.13. The number of rotatable bonds is 5. The molecule has 0 aliphatic carbocycles. The van der Waals surface area contributed by atoms with Gasteiger partial charge in [0, 0.05) is 18.3 Å². The molecule has 0 aliphatic heterocycles. The summed E-state index contributed by atoms with van der Waals surface area (Å²) in [6.07, 6.45) is 4.19. The summed E-state index contributed by atoms with van der Waals surface area (Å²) in [6.45, 7) is -0.118. The van der Waals surface area contributed by atoms with Crippen LogP contribution in [-0.4, -0.2) is 34.7 Å². The molecule has 0 spiro atoms. The molecular formula is C8H12N4O2. The van der Waals surface area contributed by atoms with Crippen LogP contribution >= 0.6 is 0 Å². The molecule has 1 rings (SSSR count). The molecule has 0 unspecified atom stereocenters. The average molecular weight is 196 g/mol. The van der Waals surface area contributed by atoms with E-state index in [9.17, 15) is 9.59 Å². The van der Waals surface area contributed by atoms with Crippen molar-refractivity contribution in [3.63, 3.8) is 0 Å². The minimum Gasteiger partial charge on any atom is -0.348 e. The number of carbonyl (C=O) groups is 2. The number of H-pyrrole nitrogens is 1. The van der Waals surface area contributed by atoms with Gasteiger partial charge in [-0.15, -0.1) is 0 Å². The Morgan fingerprint density at radius 1 is 1.79 bits per heavy atom. The maximum absolute atomic E-state index is 10.9. The largest absolute Gasteiger partial charge is 0.348 e. The summed E-state index contributed by atoms with van der Waals surface area (Å²) in [5.74, 6) is -0.346. The number of aldehydes is 1. The SMILES string of the molecule is NCC(=O)N[C@H](C=O)Cc1cnc[nH]1. The number of aromatic amines is 1. The number of hydrogen-bond donors (Lipinski definition) is 3. The lowest BCUT2D eigenvalue weighted by Crippen LogP contribution is -2.41. The van der Waals surface area contributed by atoms with Crippen molar-refractivity contribution in [3.8, 4) is 0 Å². The normalized spacial score (nSPS) is 12.1. The molecule has 1 heterocycles. The number of aromatic nitrogens is 2. The molecule has 6 heteroatoms. The van der Waals surface area contributed by atoms with Gasteiger partial charge in [-0.3, -0.25) is 4.79 Å². The van der Waals surface area contributed by atoms with Crippen LogP contribution in [0.3, 0.4) is 0 Å². The van der Waals surface area contributed by atoms with Gasteiger partial charge in [0.05, 0.1) is 18.9 Å². The molecule has 0 bridgehead atoms. The zero-order valence-electron chi connectivity index (χ0n) is 7.56. The smallest absolute Gasteiger partial charge is 0.234 e. The van der Waals surface area contributed by atoms with Crippen molar-refractivity contribution in [2.45, 2.75) is 12.5 Å². The number of hydrogen-bond acceptors (Lipinski definition) is 4. The predicted molar refractivity (Wildman–Crippen MR) is 49.3 cm³/mol. The second-order valence-corrected chi connectivity index (χ2v) is 2.80. The van der Waals surface area contributed by atoms with Gasteiger partial charge >= 0.3 is 0 Å². The second-order valence-electron chi connectivity index (χ2n) is 2.80. The number of carbonyl (C=O) groups excluding carboxylic acids is 2. The van der Waals surface area contributed by atoms with E-state index in [4.69, 9.17) is 5.73 Å². The maximum Gasteiger partial charge on any atom is 0.234 e. The first kappa shape index (κ1) is 10.4. The van der Waals surface area contributed by atoms with Crippen LogP contribution in [0.5, 0.6) is 0 Å². The number of imidazole rings is 1. The van der Waals surface area contributed by atoms with E-state index in [1.54, 1.807) is 6.20 Å². The van der Waals surface area contributed by atoms with E-state index in [0.29, 0.717) is 12.7 Å². The molecule has 1 aromatic rings. The Kier molecular flexibility index (Phi) is 3.81. The molecule has 14 heavy (non-hydrogen) atoms. The molecule has 76 valence electrons. The summed E-state index contributed by atoms with van der Waals surface area (Å²) in [4.78, 5) is 28.1. The quantitative estimate of drug-likeness (QED) is 0.504. The Bertz CT molecular complexity index is 296. The van der Waals surface area contributed by atoms with Crippen molar-refractivity contribution < 1.29 is 9.59 Å². The van der Waals surface area contributed by atoms with Crippen LogP contribution in [-0.2, 0) is 16.0 Å². The highest BCUT2D eigenvalue weighted by molar-refractivity contribution is 5.81. The highest BCUT2D eigenvalue weighted by Gasteiger charge is 2.11. The number of nitrogens with two attached hydrogens (primary N) is 1. The van der Waals surface area contributed by atoms with E-state index >= 15 is 0 Å². The third-order valence-corrected chi connectivity index (χ3v) is 1.69. The molecule has 1 atom stereocenters. The molecule has 0 fully saturated rings. The molecule has 0 aromatic carbocycles. The number of nitrogens with one attached hydrogen (secondary N) is 2. The lowest BCUT2D eigenvalue weighted by molar-refractivity contribution is -0.122. The van der Waals surface area contributed by atoms with Crippen molar-refractivity contribution >= 4 is 12.2 Å². The van der Waals surface area contributed by atoms with Crippen LogP contribution in [0.4, 0.5) is 0 Å². The van der Waals surface area contributed by atoms with E-state index in [1.807, 2.05) is 0 Å². The van der Waals surface area contributed by atoms with Crippen molar-refractivity contribution in [2.24, 2.45) is 5.73 Å². The molecule has 0 saturated carbocycles. The molecule has 1 amide bonds.